The number of ether oxygens (including phenoxy) is 1. The third-order valence-electron chi connectivity index (χ3n) is 8.30. The molecule has 0 saturated heterocycles. The van der Waals surface area contributed by atoms with E-state index in [1.807, 2.05) is 60.7 Å². The predicted molar refractivity (Wildman–Crippen MR) is 189 cm³/mol. The van der Waals surface area contributed by atoms with Crippen molar-refractivity contribution in [1.29, 1.82) is 0 Å². The Morgan fingerprint density at radius 3 is 2.08 bits per heavy atom. The molecular formula is C39H48N4O6. The van der Waals surface area contributed by atoms with Crippen LogP contribution in [0.1, 0.15) is 95.1 Å². The number of rotatable bonds is 16. The fraction of sp³-hybridized carbons (Fsp3) is 0.410. The van der Waals surface area contributed by atoms with Gasteiger partial charge >= 0.3 is 5.97 Å². The van der Waals surface area contributed by atoms with Gasteiger partial charge in [0.05, 0.1) is 6.61 Å². The van der Waals surface area contributed by atoms with Crippen molar-refractivity contribution >= 4 is 17.8 Å². The van der Waals surface area contributed by atoms with E-state index < -0.39 is 29.4 Å². The summed E-state index contributed by atoms with van der Waals surface area (Å²) in [5.41, 5.74) is 2.07. The number of hydrogen-bond acceptors (Lipinski definition) is 7. The van der Waals surface area contributed by atoms with Gasteiger partial charge in [-0.15, -0.1) is 0 Å². The van der Waals surface area contributed by atoms with Crippen LogP contribution in [0.15, 0.2) is 77.3 Å². The van der Waals surface area contributed by atoms with Gasteiger partial charge in [0.15, 0.2) is 0 Å². The van der Waals surface area contributed by atoms with E-state index in [0.717, 1.165) is 28.9 Å². The van der Waals surface area contributed by atoms with Crippen molar-refractivity contribution in [2.24, 2.45) is 0 Å². The summed E-state index contributed by atoms with van der Waals surface area (Å²) in [6.45, 7) is 11.9. The van der Waals surface area contributed by atoms with Crippen molar-refractivity contribution in [3.8, 4) is 28.6 Å². The quantitative estimate of drug-likeness (QED) is 0.105. The molecule has 3 N–H and O–H groups in total. The highest BCUT2D eigenvalue weighted by Crippen LogP contribution is 2.25. The number of benzene rings is 3. The molecular weight excluding hydrogens is 620 g/mol. The van der Waals surface area contributed by atoms with Crippen LogP contribution in [0.2, 0.25) is 0 Å². The van der Waals surface area contributed by atoms with Crippen molar-refractivity contribution in [3.63, 3.8) is 0 Å². The number of carbonyl (C=O) groups is 3. The molecule has 2 amide bonds. The van der Waals surface area contributed by atoms with Crippen molar-refractivity contribution in [1.82, 2.24) is 20.8 Å². The van der Waals surface area contributed by atoms with Crippen LogP contribution in [0.5, 0.6) is 5.75 Å². The van der Waals surface area contributed by atoms with E-state index in [-0.39, 0.29) is 11.8 Å². The molecule has 10 nitrogen and oxygen atoms in total. The van der Waals surface area contributed by atoms with Crippen LogP contribution in [0.25, 0.3) is 22.8 Å². The normalized spacial score (nSPS) is 12.3. The zero-order valence-corrected chi connectivity index (χ0v) is 29.3. The highest BCUT2D eigenvalue weighted by atomic mass is 16.5. The second-order valence-corrected chi connectivity index (χ2v) is 13.9. The first-order valence-electron chi connectivity index (χ1n) is 16.9. The van der Waals surface area contributed by atoms with Crippen LogP contribution in [-0.4, -0.2) is 51.2 Å². The number of carbonyl (C=O) groups excluding carboxylic acids is 2. The Bertz CT molecular complexity index is 1690. The molecule has 1 aromatic heterocycles. The Morgan fingerprint density at radius 1 is 0.837 bits per heavy atom. The Kier molecular flexibility index (Phi) is 12.3. The minimum Gasteiger partial charge on any atom is -0.494 e. The van der Waals surface area contributed by atoms with Crippen molar-refractivity contribution in [2.45, 2.75) is 97.1 Å². The van der Waals surface area contributed by atoms with Crippen LogP contribution in [0.4, 0.5) is 0 Å². The average Bonchev–Trinajstić information content (AvgIpc) is 3.56. The molecule has 49 heavy (non-hydrogen) atoms. The molecule has 260 valence electrons. The van der Waals surface area contributed by atoms with E-state index in [4.69, 9.17) is 9.26 Å². The minimum atomic E-state index is -1.53. The van der Waals surface area contributed by atoms with Crippen LogP contribution in [-0.2, 0) is 21.4 Å². The summed E-state index contributed by atoms with van der Waals surface area (Å²) in [5, 5.41) is 19.1. The number of nitrogens with one attached hydrogen (secondary N) is 2. The molecule has 0 saturated carbocycles. The molecule has 3 aromatic carbocycles. The highest BCUT2D eigenvalue weighted by Gasteiger charge is 2.33. The van der Waals surface area contributed by atoms with Crippen LogP contribution in [0.3, 0.4) is 0 Å². The summed E-state index contributed by atoms with van der Waals surface area (Å²) in [6, 6.07) is 21.0. The maximum absolute atomic E-state index is 13.3. The van der Waals surface area contributed by atoms with Crippen LogP contribution >= 0.6 is 0 Å². The number of carboxylic acid groups (broad SMARTS) is 1. The number of carboxylic acids is 1. The second-order valence-electron chi connectivity index (χ2n) is 13.9. The second kappa shape index (κ2) is 16.4. The van der Waals surface area contributed by atoms with Crippen molar-refractivity contribution in [2.75, 3.05) is 6.61 Å². The van der Waals surface area contributed by atoms with E-state index in [1.54, 1.807) is 12.1 Å². The zero-order valence-electron chi connectivity index (χ0n) is 29.3. The van der Waals surface area contributed by atoms with E-state index in [1.165, 1.54) is 39.5 Å². The van der Waals surface area contributed by atoms with E-state index in [0.29, 0.717) is 29.4 Å². The van der Waals surface area contributed by atoms with Gasteiger partial charge in [-0.25, -0.2) is 4.79 Å². The van der Waals surface area contributed by atoms with Gasteiger partial charge < -0.3 is 25.0 Å². The summed E-state index contributed by atoms with van der Waals surface area (Å²) in [4.78, 5) is 42.9. The number of hydrogen-bond donors (Lipinski definition) is 3. The monoisotopic (exact) mass is 668 g/mol. The molecule has 0 radical (unpaired) electrons. The van der Waals surface area contributed by atoms with Gasteiger partial charge in [-0.05, 0) is 73.2 Å². The number of nitrogens with zero attached hydrogens (tertiary/aromatic N) is 2. The van der Waals surface area contributed by atoms with Crippen molar-refractivity contribution in [3.05, 3.63) is 89.5 Å². The van der Waals surface area contributed by atoms with Gasteiger partial charge in [0.1, 0.15) is 17.3 Å². The van der Waals surface area contributed by atoms with E-state index in [2.05, 4.69) is 48.5 Å². The summed E-state index contributed by atoms with van der Waals surface area (Å²) < 4.78 is 11.4. The van der Waals surface area contributed by atoms with Crippen LogP contribution in [0, 0.1) is 0 Å². The maximum atomic E-state index is 13.3. The molecule has 4 rings (SSSR count). The minimum absolute atomic E-state index is 0.0806. The number of aliphatic carboxylic acids is 1. The van der Waals surface area contributed by atoms with E-state index >= 15 is 0 Å². The zero-order chi connectivity index (χ0) is 35.6. The molecule has 1 atom stereocenters. The number of unbranched alkanes of at least 4 members (excludes halogenated alkanes) is 4. The lowest BCUT2D eigenvalue weighted by molar-refractivity contribution is -0.146. The summed E-state index contributed by atoms with van der Waals surface area (Å²) >= 11 is 0. The maximum Gasteiger partial charge on any atom is 0.328 e. The molecule has 0 fully saturated rings. The third-order valence-corrected chi connectivity index (χ3v) is 8.30. The van der Waals surface area contributed by atoms with Crippen LogP contribution < -0.4 is 15.4 Å². The lowest BCUT2D eigenvalue weighted by Crippen LogP contribution is -2.57. The summed E-state index contributed by atoms with van der Waals surface area (Å²) in [7, 11) is 0. The smallest absolute Gasteiger partial charge is 0.328 e. The fourth-order valence-electron chi connectivity index (χ4n) is 5.09. The third kappa shape index (κ3) is 10.5. The Morgan fingerprint density at radius 2 is 1.47 bits per heavy atom. The molecule has 1 heterocycles. The lowest BCUT2D eigenvalue weighted by atomic mass is 9.86. The fourth-order valence-corrected chi connectivity index (χ4v) is 5.09. The van der Waals surface area contributed by atoms with Gasteiger partial charge in [-0.3, -0.25) is 9.59 Å². The molecule has 0 aliphatic heterocycles. The highest BCUT2D eigenvalue weighted by molar-refractivity contribution is 5.98. The van der Waals surface area contributed by atoms with Gasteiger partial charge in [0.2, 0.25) is 11.7 Å². The first-order chi connectivity index (χ1) is 23.3. The molecule has 10 heteroatoms. The standard InChI is InChI=1S/C39H48N4O6/c1-7-8-9-10-11-24-48-31-22-18-29(19-23-31)36-41-33(43-49-36)27-14-12-26(13-15-27)25-32(35(45)42-39(5,6)37(46)47)40-34(44)28-16-20-30(21-17-28)38(2,3)4/h12-23,32H,7-11,24-25H2,1-6H3,(H,40,44)(H,42,45)(H,46,47)/t32-/m0/s1. The first kappa shape index (κ1) is 36.8. The largest absolute Gasteiger partial charge is 0.494 e. The topological polar surface area (TPSA) is 144 Å². The van der Waals surface area contributed by atoms with E-state index in [9.17, 15) is 19.5 Å². The predicted octanol–water partition coefficient (Wildman–Crippen LogP) is 7.37. The first-order valence-corrected chi connectivity index (χ1v) is 16.9. The van der Waals surface area contributed by atoms with Gasteiger partial charge in [-0.2, -0.15) is 4.98 Å². The Balaban J connectivity index is 1.43. The Hall–Kier alpha value is -4.99. The molecule has 0 bridgehead atoms. The lowest BCUT2D eigenvalue weighted by Gasteiger charge is -2.26. The molecule has 0 spiro atoms. The summed E-state index contributed by atoms with van der Waals surface area (Å²) in [5.74, 6) is -0.665. The summed E-state index contributed by atoms with van der Waals surface area (Å²) in [6.07, 6.45) is 6.03. The average molecular weight is 669 g/mol. The SMILES string of the molecule is CCCCCCCOc1ccc(-c2nc(-c3ccc(C[C@H](NC(=O)c4ccc(C(C)(C)C)cc4)C(=O)NC(C)(C)C(=O)O)cc3)no2)cc1. The van der Waals surface area contributed by atoms with Crippen molar-refractivity contribution < 1.29 is 28.8 Å². The van der Waals surface area contributed by atoms with Gasteiger partial charge in [-0.1, -0.05) is 94.9 Å². The van der Waals surface area contributed by atoms with Gasteiger partial charge in [0.25, 0.3) is 11.8 Å². The number of aromatic nitrogens is 2. The molecule has 0 unspecified atom stereocenters. The molecule has 0 aliphatic carbocycles. The molecule has 4 aromatic rings. The van der Waals surface area contributed by atoms with Gasteiger partial charge in [0, 0.05) is 23.1 Å². The molecule has 0 aliphatic rings. The Labute approximate surface area is 288 Å². The number of amides is 2.